The maximum atomic E-state index is 12.8. The van der Waals surface area contributed by atoms with E-state index in [1.54, 1.807) is 24.5 Å². The van der Waals surface area contributed by atoms with Gasteiger partial charge in [0.1, 0.15) is 24.2 Å². The van der Waals surface area contributed by atoms with Crippen LogP contribution in [0.5, 0.6) is 0 Å². The molecule has 0 aliphatic heterocycles. The molecule has 0 aliphatic rings. The summed E-state index contributed by atoms with van der Waals surface area (Å²) in [6.45, 7) is 3.89. The van der Waals surface area contributed by atoms with E-state index in [1.165, 1.54) is 29.5 Å². The normalized spacial score (nSPS) is 10.3. The minimum absolute atomic E-state index is 0.289. The van der Waals surface area contributed by atoms with Gasteiger partial charge in [0.2, 0.25) is 0 Å². The van der Waals surface area contributed by atoms with Crippen molar-refractivity contribution in [2.24, 2.45) is 0 Å². The predicted octanol–water partition coefficient (Wildman–Crippen LogP) is 2.28. The van der Waals surface area contributed by atoms with Gasteiger partial charge in [0.05, 0.1) is 18.1 Å². The van der Waals surface area contributed by atoms with Crippen LogP contribution in [0.15, 0.2) is 55.9 Å². The number of nitrogens with one attached hydrogen (secondary N) is 1. The molecule has 21 heavy (non-hydrogen) atoms. The summed E-state index contributed by atoms with van der Waals surface area (Å²) in [7, 11) is 0. The number of benzene rings is 1. The van der Waals surface area contributed by atoms with Gasteiger partial charge in [-0.3, -0.25) is 0 Å². The molecule has 3 aromatic rings. The molecular weight excluding hydrogens is 271 g/mol. The summed E-state index contributed by atoms with van der Waals surface area (Å²) in [4.78, 5) is 12.3. The third kappa shape index (κ3) is 2.92. The Kier molecular flexibility index (Phi) is 3.38. The van der Waals surface area contributed by atoms with Crippen molar-refractivity contribution in [3.8, 4) is 5.82 Å². The van der Waals surface area contributed by atoms with Crippen molar-refractivity contribution in [1.29, 1.82) is 0 Å². The monoisotopic (exact) mass is 282 g/mol. The first-order valence-corrected chi connectivity index (χ1v) is 6.11. The molecule has 0 radical (unpaired) electrons. The summed E-state index contributed by atoms with van der Waals surface area (Å²) in [5.41, 5.74) is 1.88. The van der Waals surface area contributed by atoms with Gasteiger partial charge in [0.15, 0.2) is 5.82 Å². The Labute approximate surface area is 120 Å². The van der Waals surface area contributed by atoms with Crippen LogP contribution in [0.1, 0.15) is 5.69 Å². The standard InChI is InChI=1S/C14H11FN6/c1-10(20-12-4-2-11(15)3-5-12)13-6-18-14(7-17-13)21-9-16-8-19-21/h2-9,20H,1H2. The third-order valence-corrected chi connectivity index (χ3v) is 2.74. The SMILES string of the molecule is C=C(Nc1ccc(F)cc1)c1cnc(-n2cncn2)cn1. The van der Waals surface area contributed by atoms with E-state index in [2.05, 4.69) is 31.9 Å². The first-order valence-electron chi connectivity index (χ1n) is 6.11. The average molecular weight is 282 g/mol. The van der Waals surface area contributed by atoms with E-state index in [1.807, 2.05) is 0 Å². The number of hydrogen-bond acceptors (Lipinski definition) is 5. The molecule has 2 heterocycles. The summed E-state index contributed by atoms with van der Waals surface area (Å²) in [5.74, 6) is 0.272. The fraction of sp³-hybridized carbons (Fsp3) is 0. The molecular formula is C14H11FN6. The minimum Gasteiger partial charge on any atom is -0.354 e. The second-order valence-corrected chi connectivity index (χ2v) is 4.21. The zero-order valence-electron chi connectivity index (χ0n) is 10.9. The van der Waals surface area contributed by atoms with Crippen molar-refractivity contribution < 1.29 is 4.39 Å². The molecule has 0 unspecified atom stereocenters. The van der Waals surface area contributed by atoms with Crippen LogP contribution in [0.2, 0.25) is 0 Å². The van der Waals surface area contributed by atoms with Gasteiger partial charge in [-0.1, -0.05) is 6.58 Å². The Morgan fingerprint density at radius 3 is 2.57 bits per heavy atom. The lowest BCUT2D eigenvalue weighted by Gasteiger charge is -2.09. The molecule has 0 saturated carbocycles. The molecule has 0 saturated heterocycles. The van der Waals surface area contributed by atoms with Gasteiger partial charge in [0, 0.05) is 5.69 Å². The van der Waals surface area contributed by atoms with E-state index < -0.39 is 0 Å². The molecule has 3 rings (SSSR count). The van der Waals surface area contributed by atoms with Gasteiger partial charge in [0.25, 0.3) is 0 Å². The Morgan fingerprint density at radius 2 is 1.95 bits per heavy atom. The van der Waals surface area contributed by atoms with Gasteiger partial charge in [-0.05, 0) is 24.3 Å². The molecule has 0 fully saturated rings. The number of rotatable bonds is 4. The summed E-state index contributed by atoms with van der Waals surface area (Å²) in [5, 5.41) is 7.01. The summed E-state index contributed by atoms with van der Waals surface area (Å²) in [6.07, 6.45) is 6.11. The second-order valence-electron chi connectivity index (χ2n) is 4.21. The molecule has 2 aromatic heterocycles. The van der Waals surface area contributed by atoms with Crippen LogP contribution in [-0.2, 0) is 0 Å². The van der Waals surface area contributed by atoms with Crippen molar-refractivity contribution in [1.82, 2.24) is 24.7 Å². The van der Waals surface area contributed by atoms with E-state index in [9.17, 15) is 4.39 Å². The lowest BCUT2D eigenvalue weighted by atomic mass is 10.3. The molecule has 0 amide bonds. The quantitative estimate of drug-likeness (QED) is 0.795. The summed E-state index contributed by atoms with van der Waals surface area (Å²) < 4.78 is 14.3. The fourth-order valence-corrected chi connectivity index (χ4v) is 1.69. The van der Waals surface area contributed by atoms with Crippen molar-refractivity contribution >= 4 is 11.4 Å². The molecule has 0 atom stereocenters. The first-order chi connectivity index (χ1) is 10.2. The molecule has 0 bridgehead atoms. The van der Waals surface area contributed by atoms with E-state index in [0.29, 0.717) is 17.2 Å². The van der Waals surface area contributed by atoms with Crippen LogP contribution >= 0.6 is 0 Å². The zero-order chi connectivity index (χ0) is 14.7. The van der Waals surface area contributed by atoms with Gasteiger partial charge in [-0.15, -0.1) is 0 Å². The maximum absolute atomic E-state index is 12.8. The van der Waals surface area contributed by atoms with Crippen LogP contribution in [0.4, 0.5) is 10.1 Å². The van der Waals surface area contributed by atoms with Gasteiger partial charge in [-0.25, -0.2) is 24.0 Å². The van der Waals surface area contributed by atoms with Crippen LogP contribution < -0.4 is 5.32 Å². The number of aromatic nitrogens is 5. The maximum Gasteiger partial charge on any atom is 0.173 e. The highest BCUT2D eigenvalue weighted by molar-refractivity contribution is 5.72. The Morgan fingerprint density at radius 1 is 1.14 bits per heavy atom. The lowest BCUT2D eigenvalue weighted by Crippen LogP contribution is -2.03. The van der Waals surface area contributed by atoms with Crippen LogP contribution in [-0.4, -0.2) is 24.7 Å². The van der Waals surface area contributed by atoms with Crippen LogP contribution in [0.25, 0.3) is 11.5 Å². The average Bonchev–Trinajstić information content (AvgIpc) is 3.04. The summed E-state index contributed by atoms with van der Waals surface area (Å²) in [6, 6.07) is 5.99. The predicted molar refractivity (Wildman–Crippen MR) is 76.0 cm³/mol. The number of nitrogens with zero attached hydrogens (tertiary/aromatic N) is 5. The number of hydrogen-bond donors (Lipinski definition) is 1. The van der Waals surface area contributed by atoms with E-state index in [-0.39, 0.29) is 5.82 Å². The number of anilines is 1. The Balaban J connectivity index is 1.74. The molecule has 7 heteroatoms. The molecule has 1 aromatic carbocycles. The zero-order valence-corrected chi connectivity index (χ0v) is 10.9. The van der Waals surface area contributed by atoms with Gasteiger partial charge in [-0.2, -0.15) is 5.10 Å². The Bertz CT molecular complexity index is 734. The van der Waals surface area contributed by atoms with Crippen LogP contribution in [0, 0.1) is 5.82 Å². The van der Waals surface area contributed by atoms with Crippen molar-refractivity contribution in [2.75, 3.05) is 5.32 Å². The third-order valence-electron chi connectivity index (χ3n) is 2.74. The van der Waals surface area contributed by atoms with E-state index in [4.69, 9.17) is 0 Å². The van der Waals surface area contributed by atoms with Crippen molar-refractivity contribution in [3.63, 3.8) is 0 Å². The fourth-order valence-electron chi connectivity index (χ4n) is 1.69. The largest absolute Gasteiger partial charge is 0.354 e. The van der Waals surface area contributed by atoms with Gasteiger partial charge < -0.3 is 5.32 Å². The molecule has 1 N–H and O–H groups in total. The van der Waals surface area contributed by atoms with E-state index >= 15 is 0 Å². The first kappa shape index (κ1) is 12.9. The Hall–Kier alpha value is -3.09. The molecule has 0 aliphatic carbocycles. The van der Waals surface area contributed by atoms with Crippen molar-refractivity contribution in [3.05, 3.63) is 67.4 Å². The number of halogens is 1. The topological polar surface area (TPSA) is 68.5 Å². The second kappa shape index (κ2) is 5.49. The van der Waals surface area contributed by atoms with Crippen LogP contribution in [0.3, 0.4) is 0 Å². The molecule has 6 nitrogen and oxygen atoms in total. The summed E-state index contributed by atoms with van der Waals surface area (Å²) >= 11 is 0. The van der Waals surface area contributed by atoms with E-state index in [0.717, 1.165) is 5.69 Å². The highest BCUT2D eigenvalue weighted by Gasteiger charge is 2.04. The lowest BCUT2D eigenvalue weighted by molar-refractivity contribution is 0.628. The van der Waals surface area contributed by atoms with Crippen molar-refractivity contribution in [2.45, 2.75) is 0 Å². The molecule has 104 valence electrons. The molecule has 0 spiro atoms. The van der Waals surface area contributed by atoms with Gasteiger partial charge >= 0.3 is 0 Å². The highest BCUT2D eigenvalue weighted by Crippen LogP contribution is 2.15. The minimum atomic E-state index is -0.289. The smallest absolute Gasteiger partial charge is 0.173 e. The highest BCUT2D eigenvalue weighted by atomic mass is 19.1.